The number of hydrogen-bond donors (Lipinski definition) is 2. The number of ether oxygens (including phenoxy) is 2. The number of nitrogens with one attached hydrogen (secondary N) is 2. The minimum absolute atomic E-state index is 0.129. The second-order valence-electron chi connectivity index (χ2n) is 7.58. The number of aryl methyl sites for hydroxylation is 1. The van der Waals surface area contributed by atoms with Gasteiger partial charge in [-0.15, -0.1) is 0 Å². The van der Waals surface area contributed by atoms with Crippen LogP contribution < -0.4 is 20.1 Å². The summed E-state index contributed by atoms with van der Waals surface area (Å²) in [5.41, 5.74) is 3.93. The molecule has 174 valence electrons. The number of carbonyl (C=O) groups excluding carboxylic acids is 1. The van der Waals surface area contributed by atoms with Crippen LogP contribution >= 0.6 is 15.9 Å². The summed E-state index contributed by atoms with van der Waals surface area (Å²) in [7, 11) is 0. The SMILES string of the molecule is CCOc1cc(CNCCc2ccc(F)cc2)c(Br)cc1OCC(=O)Nc1ccc(C)cc1. The van der Waals surface area contributed by atoms with E-state index in [-0.39, 0.29) is 18.3 Å². The van der Waals surface area contributed by atoms with Gasteiger partial charge in [0.1, 0.15) is 5.82 Å². The number of halogens is 2. The molecule has 0 aliphatic heterocycles. The maximum Gasteiger partial charge on any atom is 0.262 e. The first-order valence-electron chi connectivity index (χ1n) is 10.8. The second-order valence-corrected chi connectivity index (χ2v) is 8.43. The molecule has 2 N–H and O–H groups in total. The maximum absolute atomic E-state index is 13.0. The van der Waals surface area contributed by atoms with Gasteiger partial charge in [0.25, 0.3) is 5.91 Å². The molecule has 0 spiro atoms. The van der Waals surface area contributed by atoms with Crippen molar-refractivity contribution in [2.45, 2.75) is 26.8 Å². The van der Waals surface area contributed by atoms with Crippen LogP contribution in [0, 0.1) is 12.7 Å². The first-order valence-corrected chi connectivity index (χ1v) is 11.6. The van der Waals surface area contributed by atoms with Crippen molar-refractivity contribution in [3.8, 4) is 11.5 Å². The zero-order chi connectivity index (χ0) is 23.6. The summed E-state index contributed by atoms with van der Waals surface area (Å²) in [5, 5.41) is 6.21. The monoisotopic (exact) mass is 514 g/mol. The van der Waals surface area contributed by atoms with Crippen LogP contribution in [0.25, 0.3) is 0 Å². The molecular formula is C26H28BrFN2O3. The minimum Gasteiger partial charge on any atom is -0.490 e. The molecule has 1 amide bonds. The van der Waals surface area contributed by atoms with Gasteiger partial charge in [-0.05, 0) is 74.3 Å². The quantitative estimate of drug-likeness (QED) is 0.325. The molecule has 0 bridgehead atoms. The lowest BCUT2D eigenvalue weighted by Gasteiger charge is -2.15. The van der Waals surface area contributed by atoms with Crippen molar-refractivity contribution < 1.29 is 18.7 Å². The van der Waals surface area contributed by atoms with E-state index in [1.807, 2.05) is 50.2 Å². The molecule has 3 aromatic carbocycles. The Bertz CT molecular complexity index is 1060. The van der Waals surface area contributed by atoms with Crippen molar-refractivity contribution in [1.29, 1.82) is 0 Å². The van der Waals surface area contributed by atoms with E-state index in [1.165, 1.54) is 12.1 Å². The highest BCUT2D eigenvalue weighted by Gasteiger charge is 2.13. The Morgan fingerprint density at radius 2 is 1.70 bits per heavy atom. The van der Waals surface area contributed by atoms with Gasteiger partial charge in [-0.3, -0.25) is 4.79 Å². The molecule has 0 saturated heterocycles. The maximum atomic E-state index is 13.0. The average Bonchev–Trinajstić information content (AvgIpc) is 2.80. The van der Waals surface area contributed by atoms with Crippen molar-refractivity contribution >= 4 is 27.5 Å². The third kappa shape index (κ3) is 7.87. The number of anilines is 1. The Balaban J connectivity index is 1.55. The summed E-state index contributed by atoms with van der Waals surface area (Å²) in [6, 6.07) is 17.8. The molecular weight excluding hydrogens is 487 g/mol. The van der Waals surface area contributed by atoms with Crippen molar-refractivity contribution in [2.75, 3.05) is 25.1 Å². The van der Waals surface area contributed by atoms with Crippen molar-refractivity contribution in [3.05, 3.63) is 87.6 Å². The number of benzene rings is 3. The van der Waals surface area contributed by atoms with Gasteiger partial charge < -0.3 is 20.1 Å². The molecule has 0 unspecified atom stereocenters. The third-order valence-electron chi connectivity index (χ3n) is 4.93. The summed E-state index contributed by atoms with van der Waals surface area (Å²) in [6.45, 7) is 5.61. The molecule has 0 saturated carbocycles. The molecule has 5 nitrogen and oxygen atoms in total. The molecule has 33 heavy (non-hydrogen) atoms. The van der Waals surface area contributed by atoms with E-state index in [4.69, 9.17) is 9.47 Å². The highest BCUT2D eigenvalue weighted by molar-refractivity contribution is 9.10. The van der Waals surface area contributed by atoms with Gasteiger partial charge in [0.2, 0.25) is 0 Å². The lowest BCUT2D eigenvalue weighted by atomic mass is 10.1. The smallest absolute Gasteiger partial charge is 0.262 e. The lowest BCUT2D eigenvalue weighted by molar-refractivity contribution is -0.118. The Kier molecular flexibility index (Phi) is 9.27. The highest BCUT2D eigenvalue weighted by atomic mass is 79.9. The van der Waals surface area contributed by atoms with Crippen molar-refractivity contribution in [1.82, 2.24) is 5.32 Å². The van der Waals surface area contributed by atoms with E-state index in [9.17, 15) is 9.18 Å². The van der Waals surface area contributed by atoms with Crippen LogP contribution in [0.5, 0.6) is 11.5 Å². The first kappa shape index (κ1) is 24.7. The summed E-state index contributed by atoms with van der Waals surface area (Å²) >= 11 is 3.59. The fraction of sp³-hybridized carbons (Fsp3) is 0.269. The molecule has 0 aliphatic rings. The molecule has 0 radical (unpaired) electrons. The van der Waals surface area contributed by atoms with Crippen LogP contribution in [0.2, 0.25) is 0 Å². The standard InChI is InChI=1S/C26H28BrFN2O3/c1-3-32-24-14-20(16-29-13-12-19-6-8-21(28)9-7-19)23(27)15-25(24)33-17-26(31)30-22-10-4-18(2)5-11-22/h4-11,14-15,29H,3,12-13,16-17H2,1-2H3,(H,30,31). The van der Waals surface area contributed by atoms with Gasteiger partial charge >= 0.3 is 0 Å². The molecule has 0 atom stereocenters. The molecule has 0 heterocycles. The Labute approximate surface area is 202 Å². The average molecular weight is 515 g/mol. The van der Waals surface area contributed by atoms with Gasteiger partial charge in [-0.1, -0.05) is 45.8 Å². The fourth-order valence-corrected chi connectivity index (χ4v) is 3.64. The Morgan fingerprint density at radius 3 is 2.39 bits per heavy atom. The van der Waals surface area contributed by atoms with E-state index < -0.39 is 0 Å². The zero-order valence-electron chi connectivity index (χ0n) is 18.8. The normalized spacial score (nSPS) is 10.7. The van der Waals surface area contributed by atoms with E-state index in [1.54, 1.807) is 12.1 Å². The van der Waals surface area contributed by atoms with E-state index in [0.29, 0.717) is 24.7 Å². The Hall–Kier alpha value is -2.90. The van der Waals surface area contributed by atoms with E-state index in [0.717, 1.165) is 39.8 Å². The fourth-order valence-electron chi connectivity index (χ4n) is 3.18. The summed E-state index contributed by atoms with van der Waals surface area (Å²) in [5.74, 6) is 0.606. The summed E-state index contributed by atoms with van der Waals surface area (Å²) in [4.78, 5) is 12.3. The van der Waals surface area contributed by atoms with Crippen LogP contribution in [0.3, 0.4) is 0 Å². The Morgan fingerprint density at radius 1 is 1.00 bits per heavy atom. The van der Waals surface area contributed by atoms with Crippen molar-refractivity contribution in [2.24, 2.45) is 0 Å². The molecule has 3 rings (SSSR count). The van der Waals surface area contributed by atoms with Crippen LogP contribution in [-0.4, -0.2) is 25.7 Å². The topological polar surface area (TPSA) is 59.6 Å². The van der Waals surface area contributed by atoms with Crippen LogP contribution in [0.4, 0.5) is 10.1 Å². The van der Waals surface area contributed by atoms with E-state index in [2.05, 4.69) is 26.6 Å². The predicted octanol–water partition coefficient (Wildman–Crippen LogP) is 5.65. The van der Waals surface area contributed by atoms with Crippen LogP contribution in [0.1, 0.15) is 23.6 Å². The van der Waals surface area contributed by atoms with Gasteiger partial charge in [0.05, 0.1) is 6.61 Å². The number of hydrogen-bond acceptors (Lipinski definition) is 4. The molecule has 3 aromatic rings. The molecule has 0 aliphatic carbocycles. The third-order valence-corrected chi connectivity index (χ3v) is 5.66. The molecule has 7 heteroatoms. The highest BCUT2D eigenvalue weighted by Crippen LogP contribution is 2.34. The van der Waals surface area contributed by atoms with Crippen LogP contribution in [-0.2, 0) is 17.8 Å². The summed E-state index contributed by atoms with van der Waals surface area (Å²) in [6.07, 6.45) is 0.799. The number of carbonyl (C=O) groups is 1. The largest absolute Gasteiger partial charge is 0.490 e. The summed E-state index contributed by atoms with van der Waals surface area (Å²) < 4.78 is 25.4. The lowest BCUT2D eigenvalue weighted by Crippen LogP contribution is -2.20. The van der Waals surface area contributed by atoms with Gasteiger partial charge in [0, 0.05) is 16.7 Å². The van der Waals surface area contributed by atoms with Gasteiger partial charge in [0.15, 0.2) is 18.1 Å². The predicted molar refractivity (Wildman–Crippen MR) is 132 cm³/mol. The van der Waals surface area contributed by atoms with Crippen molar-refractivity contribution in [3.63, 3.8) is 0 Å². The van der Waals surface area contributed by atoms with Gasteiger partial charge in [-0.2, -0.15) is 0 Å². The zero-order valence-corrected chi connectivity index (χ0v) is 20.4. The van der Waals surface area contributed by atoms with E-state index >= 15 is 0 Å². The van der Waals surface area contributed by atoms with Gasteiger partial charge in [-0.25, -0.2) is 4.39 Å². The number of rotatable bonds is 11. The van der Waals surface area contributed by atoms with Crippen LogP contribution in [0.15, 0.2) is 65.1 Å². The first-order chi connectivity index (χ1) is 15.9. The number of amides is 1. The second kappa shape index (κ2) is 12.4. The minimum atomic E-state index is -0.246. The molecule has 0 aromatic heterocycles. The molecule has 0 fully saturated rings.